The third kappa shape index (κ3) is 4.69. The van der Waals surface area contributed by atoms with Crippen molar-refractivity contribution in [1.29, 1.82) is 0 Å². The molecule has 0 radical (unpaired) electrons. The molecule has 39 heavy (non-hydrogen) atoms. The summed E-state index contributed by atoms with van der Waals surface area (Å²) in [4.78, 5) is 30.7. The van der Waals surface area contributed by atoms with Crippen LogP contribution in [0.5, 0.6) is 0 Å². The van der Waals surface area contributed by atoms with Crippen LogP contribution in [-0.2, 0) is 7.05 Å². The van der Waals surface area contributed by atoms with E-state index in [2.05, 4.69) is 30.4 Å². The summed E-state index contributed by atoms with van der Waals surface area (Å²) in [5.74, 6) is 5.89. The molecule has 1 aromatic carbocycles. The fourth-order valence-corrected chi connectivity index (χ4v) is 4.76. The molecular weight excluding hydrogens is 520 g/mol. The summed E-state index contributed by atoms with van der Waals surface area (Å²) >= 11 is 6.15. The molecule has 0 aliphatic carbocycles. The zero-order chi connectivity index (χ0) is 28.0. The van der Waals surface area contributed by atoms with Crippen LogP contribution in [0.1, 0.15) is 29.8 Å². The van der Waals surface area contributed by atoms with E-state index in [1.807, 2.05) is 30.4 Å². The van der Waals surface area contributed by atoms with E-state index < -0.39 is 0 Å². The van der Waals surface area contributed by atoms with Gasteiger partial charge in [-0.15, -0.1) is 5.10 Å². The number of nitrogens with zero attached hydrogens (tertiary/aromatic N) is 8. The van der Waals surface area contributed by atoms with Crippen molar-refractivity contribution in [1.82, 2.24) is 34.0 Å². The fourth-order valence-electron chi connectivity index (χ4n) is 4.61. The Kier molecular flexibility index (Phi) is 6.54. The summed E-state index contributed by atoms with van der Waals surface area (Å²) in [6.45, 7) is 3.92. The third-order valence-electron chi connectivity index (χ3n) is 6.27. The molecule has 5 aromatic rings. The van der Waals surface area contributed by atoms with Gasteiger partial charge in [-0.05, 0) is 43.2 Å². The van der Waals surface area contributed by atoms with Crippen LogP contribution in [-0.4, -0.2) is 46.9 Å². The Morgan fingerprint density at radius 3 is 2.62 bits per heavy atom. The number of nitrogens with two attached hydrogens (primary N) is 3. The molecule has 0 aliphatic heterocycles. The number of hydrogen-bond donors (Lipinski definition) is 4. The molecule has 13 nitrogen and oxygen atoms in total. The summed E-state index contributed by atoms with van der Waals surface area (Å²) in [5.41, 5.74) is 16.9. The molecule has 0 bridgehead atoms. The number of nitrogen functional groups attached to an aromatic ring is 1. The number of hydrogen-bond acceptors (Lipinski definition) is 10. The smallest absolute Gasteiger partial charge is 0.261 e. The summed E-state index contributed by atoms with van der Waals surface area (Å²) in [7, 11) is 3.26. The molecule has 0 aliphatic rings. The molecule has 200 valence electrons. The maximum Gasteiger partial charge on any atom is 0.261 e. The molecule has 1 atom stereocenters. The first-order valence-electron chi connectivity index (χ1n) is 11.9. The van der Waals surface area contributed by atoms with Crippen molar-refractivity contribution in [3.8, 4) is 11.3 Å². The predicted molar refractivity (Wildman–Crippen MR) is 152 cm³/mol. The fraction of sp³-hybridized carbons (Fsp3) is 0.200. The van der Waals surface area contributed by atoms with Gasteiger partial charge >= 0.3 is 0 Å². The minimum absolute atomic E-state index is 0.0903. The maximum atomic E-state index is 13.6. The van der Waals surface area contributed by atoms with E-state index >= 15 is 0 Å². The van der Waals surface area contributed by atoms with Gasteiger partial charge in [0.25, 0.3) is 5.56 Å². The number of anilines is 2. The van der Waals surface area contributed by atoms with Gasteiger partial charge in [0.05, 0.1) is 22.6 Å². The second-order valence-corrected chi connectivity index (χ2v) is 9.57. The Labute approximate surface area is 227 Å². The van der Waals surface area contributed by atoms with Gasteiger partial charge in [0.1, 0.15) is 28.5 Å². The molecule has 0 spiro atoms. The van der Waals surface area contributed by atoms with Gasteiger partial charge in [0, 0.05) is 32.1 Å². The third-order valence-corrected chi connectivity index (χ3v) is 6.48. The molecule has 4 aromatic heterocycles. The Balaban J connectivity index is 1.71. The number of amidine groups is 1. The van der Waals surface area contributed by atoms with Crippen molar-refractivity contribution in [2.24, 2.45) is 23.7 Å². The highest BCUT2D eigenvalue weighted by molar-refractivity contribution is 6.29. The van der Waals surface area contributed by atoms with Crippen molar-refractivity contribution in [2.75, 3.05) is 18.1 Å². The quantitative estimate of drug-likeness (QED) is 0.0808. The van der Waals surface area contributed by atoms with Crippen LogP contribution >= 0.6 is 11.6 Å². The van der Waals surface area contributed by atoms with Crippen LogP contribution in [0.15, 0.2) is 52.9 Å². The molecule has 0 amide bonds. The SMILES string of the molecule is Cc1cc(C(C)Nc2ccc(Cl)nc2/C(N)=N/N(C)N)c2c(c1)c(=O)n(C)c1c(-c3cnc(N)nc3)ncn21. The normalized spacial score (nSPS) is 12.7. The predicted octanol–water partition coefficient (Wildman–Crippen LogP) is 2.18. The van der Waals surface area contributed by atoms with E-state index in [0.717, 1.165) is 16.2 Å². The highest BCUT2D eigenvalue weighted by Crippen LogP contribution is 2.31. The number of nitrogens with one attached hydrogen (secondary N) is 1. The lowest BCUT2D eigenvalue weighted by Gasteiger charge is -2.21. The second kappa shape index (κ2) is 9.85. The number of hydrazone groups is 1. The van der Waals surface area contributed by atoms with E-state index in [1.54, 1.807) is 49.5 Å². The number of halogens is 1. The molecule has 1 unspecified atom stereocenters. The van der Waals surface area contributed by atoms with Crippen LogP contribution in [0.4, 0.5) is 11.6 Å². The summed E-state index contributed by atoms with van der Waals surface area (Å²) < 4.78 is 3.47. The maximum absolute atomic E-state index is 13.6. The summed E-state index contributed by atoms with van der Waals surface area (Å²) in [6, 6.07) is 7.01. The zero-order valence-electron chi connectivity index (χ0n) is 21.7. The number of benzene rings is 1. The number of hydrazine groups is 1. The molecule has 14 heteroatoms. The van der Waals surface area contributed by atoms with Gasteiger partial charge in [-0.2, -0.15) is 0 Å². The molecule has 0 saturated carbocycles. The average molecular weight is 547 g/mol. The van der Waals surface area contributed by atoms with Crippen molar-refractivity contribution < 1.29 is 0 Å². The van der Waals surface area contributed by atoms with Crippen molar-refractivity contribution in [3.63, 3.8) is 0 Å². The van der Waals surface area contributed by atoms with Gasteiger partial charge in [-0.3, -0.25) is 13.8 Å². The van der Waals surface area contributed by atoms with E-state index in [-0.39, 0.29) is 28.5 Å². The first kappa shape index (κ1) is 25.9. The molecule has 7 N–H and O–H groups in total. The lowest BCUT2D eigenvalue weighted by atomic mass is 10.0. The molecule has 0 saturated heterocycles. The second-order valence-electron chi connectivity index (χ2n) is 9.19. The van der Waals surface area contributed by atoms with Crippen LogP contribution in [0.3, 0.4) is 0 Å². The number of aromatic nitrogens is 6. The van der Waals surface area contributed by atoms with Crippen LogP contribution in [0.2, 0.25) is 5.15 Å². The van der Waals surface area contributed by atoms with E-state index in [4.69, 9.17) is 28.9 Å². The first-order valence-corrected chi connectivity index (χ1v) is 12.3. The number of aryl methyl sites for hydroxylation is 2. The van der Waals surface area contributed by atoms with Gasteiger partial charge in [0.2, 0.25) is 5.95 Å². The molecule has 5 rings (SSSR count). The van der Waals surface area contributed by atoms with Crippen molar-refractivity contribution in [3.05, 3.63) is 75.3 Å². The average Bonchev–Trinajstić information content (AvgIpc) is 3.33. The number of rotatable bonds is 6. The van der Waals surface area contributed by atoms with Crippen molar-refractivity contribution >= 4 is 45.6 Å². The van der Waals surface area contributed by atoms with E-state index in [1.165, 1.54) is 0 Å². The molecular formula is C25H27ClN12O. The Morgan fingerprint density at radius 2 is 1.92 bits per heavy atom. The van der Waals surface area contributed by atoms with Gasteiger partial charge in [-0.25, -0.2) is 30.9 Å². The highest BCUT2D eigenvalue weighted by atomic mass is 35.5. The minimum Gasteiger partial charge on any atom is -0.380 e. The number of fused-ring (bicyclic) bond motifs is 3. The lowest BCUT2D eigenvalue weighted by molar-refractivity contribution is 0.371. The molecule has 0 fully saturated rings. The van der Waals surface area contributed by atoms with Crippen molar-refractivity contribution in [2.45, 2.75) is 19.9 Å². The standard InChI is InChI=1S/C25H27ClN12O/c1-12-7-15(13(2)33-17-5-6-18(26)34-20(17)22(27)35-37(4)29)21-16(8-12)24(39)36(3)23-19(32-11-38(21)23)14-9-30-25(28)31-10-14/h5-11,13,33H,29H2,1-4H3,(H2,27,35)(H2,28,30,31). The largest absolute Gasteiger partial charge is 0.380 e. The van der Waals surface area contributed by atoms with Gasteiger partial charge in [-0.1, -0.05) is 17.7 Å². The number of pyridine rings is 1. The topological polar surface area (TPSA) is 184 Å². The number of imidazole rings is 1. The van der Waals surface area contributed by atoms with Gasteiger partial charge in [0.15, 0.2) is 5.84 Å². The van der Waals surface area contributed by atoms with Crippen LogP contribution in [0.25, 0.3) is 27.8 Å². The van der Waals surface area contributed by atoms with Gasteiger partial charge < -0.3 is 16.8 Å². The Hall–Kier alpha value is -4.75. The Morgan fingerprint density at radius 1 is 1.21 bits per heavy atom. The monoisotopic (exact) mass is 546 g/mol. The highest BCUT2D eigenvalue weighted by Gasteiger charge is 2.22. The molecule has 4 heterocycles. The minimum atomic E-state index is -0.307. The lowest BCUT2D eigenvalue weighted by Crippen LogP contribution is -2.27. The van der Waals surface area contributed by atoms with E-state index in [9.17, 15) is 4.79 Å². The first-order chi connectivity index (χ1) is 18.5. The van der Waals surface area contributed by atoms with Crippen LogP contribution in [0, 0.1) is 6.92 Å². The summed E-state index contributed by atoms with van der Waals surface area (Å²) in [6.07, 6.45) is 4.85. The van der Waals surface area contributed by atoms with Crippen LogP contribution < -0.4 is 28.2 Å². The summed E-state index contributed by atoms with van der Waals surface area (Å²) in [5, 5.41) is 9.41. The zero-order valence-corrected chi connectivity index (χ0v) is 22.5. The Bertz CT molecular complexity index is 1810. The van der Waals surface area contributed by atoms with E-state index in [0.29, 0.717) is 39.2 Å².